The number of hydrogen-bond acceptors (Lipinski definition) is 9. The lowest BCUT2D eigenvalue weighted by Crippen LogP contribution is -2.17. The minimum absolute atomic E-state index is 0.322. The van der Waals surface area contributed by atoms with Gasteiger partial charge in [0.05, 0.1) is 6.10 Å². The fraction of sp³-hybridized carbons (Fsp3) is 0.389. The van der Waals surface area contributed by atoms with E-state index >= 15 is 0 Å². The van der Waals surface area contributed by atoms with Crippen molar-refractivity contribution in [2.75, 3.05) is 17.2 Å². The minimum Gasteiger partial charge on any atom is -0.427 e. The first kappa shape index (κ1) is 19.5. The van der Waals surface area contributed by atoms with E-state index in [9.17, 15) is 9.90 Å². The van der Waals surface area contributed by atoms with Crippen LogP contribution in [0.4, 0.5) is 11.8 Å². The molecule has 1 aromatic carbocycles. The SMILES string of the molecule is CCn1nnc2c(NCc3cccc(OC(C)=O)c3)nc(NCC(C)O)nc21. The van der Waals surface area contributed by atoms with Gasteiger partial charge in [-0.25, -0.2) is 4.68 Å². The fourth-order valence-corrected chi connectivity index (χ4v) is 2.58. The predicted molar refractivity (Wildman–Crippen MR) is 104 cm³/mol. The van der Waals surface area contributed by atoms with E-state index in [0.29, 0.717) is 48.3 Å². The molecule has 148 valence electrons. The standard InChI is InChI=1S/C18H23N7O3/c1-4-25-17-15(23-24-25)16(21-18(22-17)20-9-11(2)26)19-10-13-6-5-7-14(8-13)28-12(3)27/h5-8,11,26H,4,9-10H2,1-3H3,(H2,19,20,21,22). The molecule has 28 heavy (non-hydrogen) atoms. The van der Waals surface area contributed by atoms with Gasteiger partial charge in [0.15, 0.2) is 17.0 Å². The Morgan fingerprint density at radius 1 is 1.32 bits per heavy atom. The van der Waals surface area contributed by atoms with Crippen molar-refractivity contribution in [3.63, 3.8) is 0 Å². The summed E-state index contributed by atoms with van der Waals surface area (Å²) in [6, 6.07) is 7.22. The van der Waals surface area contributed by atoms with E-state index in [0.717, 1.165) is 5.56 Å². The molecule has 1 atom stereocenters. The summed E-state index contributed by atoms with van der Waals surface area (Å²) in [5.74, 6) is 1.01. The second kappa shape index (κ2) is 8.61. The first-order chi connectivity index (χ1) is 13.5. The Labute approximate surface area is 161 Å². The summed E-state index contributed by atoms with van der Waals surface area (Å²) in [6.45, 7) is 6.37. The van der Waals surface area contributed by atoms with Gasteiger partial charge in [-0.05, 0) is 31.5 Å². The maximum absolute atomic E-state index is 11.1. The zero-order valence-electron chi connectivity index (χ0n) is 16.0. The van der Waals surface area contributed by atoms with Gasteiger partial charge in [0.1, 0.15) is 5.75 Å². The van der Waals surface area contributed by atoms with Crippen molar-refractivity contribution in [1.29, 1.82) is 0 Å². The fourth-order valence-electron chi connectivity index (χ4n) is 2.58. The molecule has 0 saturated carbocycles. The van der Waals surface area contributed by atoms with Crippen LogP contribution in [0.5, 0.6) is 5.75 Å². The molecule has 0 radical (unpaired) electrons. The van der Waals surface area contributed by atoms with Gasteiger partial charge >= 0.3 is 5.97 Å². The molecule has 10 nitrogen and oxygen atoms in total. The first-order valence-corrected chi connectivity index (χ1v) is 9.00. The number of aromatic nitrogens is 5. The smallest absolute Gasteiger partial charge is 0.308 e. The minimum atomic E-state index is -0.533. The first-order valence-electron chi connectivity index (χ1n) is 9.00. The van der Waals surface area contributed by atoms with Gasteiger partial charge in [-0.2, -0.15) is 9.97 Å². The molecule has 0 spiro atoms. The molecule has 0 aliphatic carbocycles. The monoisotopic (exact) mass is 385 g/mol. The Balaban J connectivity index is 1.85. The predicted octanol–water partition coefficient (Wildman–Crippen LogP) is 1.57. The summed E-state index contributed by atoms with van der Waals surface area (Å²) in [6.07, 6.45) is -0.533. The molecule has 0 aliphatic rings. The third-order valence-corrected chi connectivity index (χ3v) is 3.84. The van der Waals surface area contributed by atoms with Crippen LogP contribution in [0.15, 0.2) is 24.3 Å². The number of carbonyl (C=O) groups is 1. The highest BCUT2D eigenvalue weighted by Crippen LogP contribution is 2.21. The van der Waals surface area contributed by atoms with Crippen molar-refractivity contribution in [1.82, 2.24) is 25.0 Å². The molecular weight excluding hydrogens is 362 g/mol. The molecule has 0 saturated heterocycles. The Morgan fingerprint density at radius 2 is 2.14 bits per heavy atom. The average molecular weight is 385 g/mol. The molecule has 10 heteroatoms. The van der Waals surface area contributed by atoms with E-state index in [-0.39, 0.29) is 5.97 Å². The number of nitrogens with one attached hydrogen (secondary N) is 2. The van der Waals surface area contributed by atoms with Gasteiger partial charge in [-0.3, -0.25) is 4.79 Å². The van der Waals surface area contributed by atoms with Crippen LogP contribution in [-0.4, -0.2) is 48.7 Å². The Bertz CT molecular complexity index is 971. The van der Waals surface area contributed by atoms with Crippen LogP contribution in [-0.2, 0) is 17.9 Å². The highest BCUT2D eigenvalue weighted by atomic mass is 16.5. The van der Waals surface area contributed by atoms with Crippen LogP contribution in [0.2, 0.25) is 0 Å². The lowest BCUT2D eigenvalue weighted by atomic mass is 10.2. The molecule has 0 bridgehead atoms. The zero-order valence-corrected chi connectivity index (χ0v) is 16.0. The molecule has 2 heterocycles. The van der Waals surface area contributed by atoms with Crippen LogP contribution >= 0.6 is 0 Å². The van der Waals surface area contributed by atoms with Crippen molar-refractivity contribution >= 4 is 28.9 Å². The third kappa shape index (κ3) is 4.71. The van der Waals surface area contributed by atoms with Crippen LogP contribution in [0.1, 0.15) is 26.3 Å². The summed E-state index contributed by atoms with van der Waals surface area (Å²) in [4.78, 5) is 20.0. The topological polar surface area (TPSA) is 127 Å². The van der Waals surface area contributed by atoms with Crippen molar-refractivity contribution in [2.24, 2.45) is 0 Å². The number of esters is 1. The Kier molecular flexibility index (Phi) is 5.99. The quantitative estimate of drug-likeness (QED) is 0.391. The number of nitrogens with zero attached hydrogens (tertiary/aromatic N) is 5. The Hall–Kier alpha value is -3.27. The van der Waals surface area contributed by atoms with Crippen LogP contribution in [0, 0.1) is 0 Å². The molecule has 2 aromatic heterocycles. The second-order valence-corrected chi connectivity index (χ2v) is 6.30. The normalized spacial score (nSPS) is 12.0. The number of carbonyl (C=O) groups excluding carboxylic acids is 1. The average Bonchev–Trinajstić information content (AvgIpc) is 3.07. The molecule has 0 amide bonds. The van der Waals surface area contributed by atoms with Gasteiger partial charge in [0.25, 0.3) is 0 Å². The number of rotatable bonds is 8. The summed E-state index contributed by atoms with van der Waals surface area (Å²) in [5, 5.41) is 24.0. The van der Waals surface area contributed by atoms with E-state index in [4.69, 9.17) is 4.74 Å². The van der Waals surface area contributed by atoms with Gasteiger partial charge in [0, 0.05) is 26.6 Å². The number of benzene rings is 1. The zero-order chi connectivity index (χ0) is 20.1. The van der Waals surface area contributed by atoms with Gasteiger partial charge in [-0.15, -0.1) is 5.10 Å². The molecule has 3 N–H and O–H groups in total. The summed E-state index contributed by atoms with van der Waals surface area (Å²) >= 11 is 0. The molecule has 3 rings (SSSR count). The molecule has 3 aromatic rings. The van der Waals surface area contributed by atoms with E-state index in [2.05, 4.69) is 30.9 Å². The number of aliphatic hydroxyl groups excluding tert-OH is 1. The van der Waals surface area contributed by atoms with Crippen molar-refractivity contribution in [3.05, 3.63) is 29.8 Å². The summed E-state index contributed by atoms with van der Waals surface area (Å²) in [7, 11) is 0. The van der Waals surface area contributed by atoms with E-state index in [1.54, 1.807) is 23.7 Å². The molecule has 0 fully saturated rings. The highest BCUT2D eigenvalue weighted by molar-refractivity contribution is 5.83. The van der Waals surface area contributed by atoms with Crippen molar-refractivity contribution in [3.8, 4) is 5.75 Å². The van der Waals surface area contributed by atoms with Gasteiger partial charge < -0.3 is 20.5 Å². The number of aliphatic hydroxyl groups is 1. The molecule has 0 aliphatic heterocycles. The summed E-state index contributed by atoms with van der Waals surface area (Å²) in [5.41, 5.74) is 2.06. The van der Waals surface area contributed by atoms with Crippen molar-refractivity contribution in [2.45, 2.75) is 40.0 Å². The molecular formula is C18H23N7O3. The van der Waals surface area contributed by atoms with Gasteiger partial charge in [0.2, 0.25) is 5.95 Å². The number of anilines is 2. The van der Waals surface area contributed by atoms with Crippen LogP contribution in [0.25, 0.3) is 11.2 Å². The lowest BCUT2D eigenvalue weighted by molar-refractivity contribution is -0.131. The second-order valence-electron chi connectivity index (χ2n) is 6.30. The Morgan fingerprint density at radius 3 is 2.86 bits per heavy atom. The number of hydrogen-bond donors (Lipinski definition) is 3. The third-order valence-electron chi connectivity index (χ3n) is 3.84. The van der Waals surface area contributed by atoms with Crippen molar-refractivity contribution < 1.29 is 14.6 Å². The van der Waals surface area contributed by atoms with Crippen LogP contribution in [0.3, 0.4) is 0 Å². The van der Waals surface area contributed by atoms with E-state index < -0.39 is 6.10 Å². The largest absolute Gasteiger partial charge is 0.427 e. The van der Waals surface area contributed by atoms with Crippen LogP contribution < -0.4 is 15.4 Å². The number of fused-ring (bicyclic) bond motifs is 1. The number of ether oxygens (including phenoxy) is 1. The molecule has 1 unspecified atom stereocenters. The van der Waals surface area contributed by atoms with Gasteiger partial charge in [-0.1, -0.05) is 17.3 Å². The summed E-state index contributed by atoms with van der Waals surface area (Å²) < 4.78 is 6.79. The maximum Gasteiger partial charge on any atom is 0.308 e. The van der Waals surface area contributed by atoms with E-state index in [1.807, 2.05) is 19.1 Å². The number of aryl methyl sites for hydroxylation is 1. The highest BCUT2D eigenvalue weighted by Gasteiger charge is 2.14. The maximum atomic E-state index is 11.1. The lowest BCUT2D eigenvalue weighted by Gasteiger charge is -2.11. The van der Waals surface area contributed by atoms with E-state index in [1.165, 1.54) is 6.92 Å².